The molecule has 4 aromatic rings. The fraction of sp³-hybridized carbons (Fsp3) is 0.455. The first-order valence-corrected chi connectivity index (χ1v) is 18.2. The van der Waals surface area contributed by atoms with Crippen molar-refractivity contribution < 1.29 is 0 Å². The average molecular weight is 615 g/mol. The molecular weight excluding hydrogens is 556 g/mol. The Morgan fingerprint density at radius 2 is 0.674 bits per heavy atom. The van der Waals surface area contributed by atoms with Crippen molar-refractivity contribution in [3.8, 4) is 0 Å². The monoisotopic (exact) mass is 614 g/mol. The van der Waals surface area contributed by atoms with Gasteiger partial charge in [-0.1, -0.05) is 125 Å². The number of hydrogen-bond acceptors (Lipinski definition) is 2. The summed E-state index contributed by atoms with van der Waals surface area (Å²) in [7, 11) is 0. The lowest BCUT2D eigenvalue weighted by Gasteiger charge is -2.37. The lowest BCUT2D eigenvalue weighted by atomic mass is 9.70. The summed E-state index contributed by atoms with van der Waals surface area (Å²) < 4.78 is 0. The molecule has 2 nitrogen and oxygen atoms in total. The Kier molecular flexibility index (Phi) is 11.6. The van der Waals surface area contributed by atoms with Crippen molar-refractivity contribution in [3.63, 3.8) is 0 Å². The number of aryl methyl sites for hydroxylation is 4. The zero-order valence-corrected chi connectivity index (χ0v) is 29.5. The molecule has 4 aromatic carbocycles. The van der Waals surface area contributed by atoms with E-state index >= 15 is 0 Å². The predicted octanol–water partition coefficient (Wildman–Crippen LogP) is 9.74. The van der Waals surface area contributed by atoms with Gasteiger partial charge in [0.1, 0.15) is 0 Å². The van der Waals surface area contributed by atoms with Crippen LogP contribution in [0.15, 0.2) is 97.1 Å². The first-order valence-electron chi connectivity index (χ1n) is 18.2. The second kappa shape index (κ2) is 15.6. The summed E-state index contributed by atoms with van der Waals surface area (Å²) in [5.74, 6) is 0. The molecule has 0 bridgehead atoms. The molecule has 2 unspecified atom stereocenters. The zero-order valence-electron chi connectivity index (χ0n) is 29.5. The molecule has 2 saturated heterocycles. The minimum absolute atomic E-state index is 0.0367. The highest BCUT2D eigenvalue weighted by molar-refractivity contribution is 5.44. The molecule has 6 rings (SSSR count). The summed E-state index contributed by atoms with van der Waals surface area (Å²) in [5, 5.41) is 7.50. The summed E-state index contributed by atoms with van der Waals surface area (Å²) >= 11 is 0. The first kappa shape index (κ1) is 34.1. The Morgan fingerprint density at radius 1 is 0.435 bits per heavy atom. The SMILES string of the molecule is CCc1ccc(C(C)(c2ccc(CC)cc2)C2CCCN2)cc1.CCc1ccc(C(C)(c2ccc(CC)cc2)C2CCCN2)cc1. The van der Waals surface area contributed by atoms with Gasteiger partial charge in [-0.15, -0.1) is 0 Å². The molecule has 46 heavy (non-hydrogen) atoms. The maximum Gasteiger partial charge on any atom is 0.0327 e. The van der Waals surface area contributed by atoms with E-state index in [2.05, 4.69) is 149 Å². The van der Waals surface area contributed by atoms with Crippen LogP contribution in [0.5, 0.6) is 0 Å². The molecule has 2 aliphatic heterocycles. The first-order chi connectivity index (χ1) is 22.4. The molecular formula is C44H58N2. The Balaban J connectivity index is 0.000000181. The Hall–Kier alpha value is -3.20. The van der Waals surface area contributed by atoms with Gasteiger partial charge in [-0.05, 0) is 123 Å². The number of benzene rings is 4. The van der Waals surface area contributed by atoms with Gasteiger partial charge < -0.3 is 10.6 Å². The van der Waals surface area contributed by atoms with Crippen LogP contribution in [-0.4, -0.2) is 25.2 Å². The summed E-state index contributed by atoms with van der Waals surface area (Å²) in [6.07, 6.45) is 9.46. The van der Waals surface area contributed by atoms with Gasteiger partial charge in [0.2, 0.25) is 0 Å². The fourth-order valence-corrected chi connectivity index (χ4v) is 7.84. The van der Waals surface area contributed by atoms with Gasteiger partial charge in [0, 0.05) is 22.9 Å². The topological polar surface area (TPSA) is 24.1 Å². The highest BCUT2D eigenvalue weighted by Gasteiger charge is 2.40. The summed E-state index contributed by atoms with van der Waals surface area (Å²) in [5.41, 5.74) is 11.4. The molecule has 0 aromatic heterocycles. The van der Waals surface area contributed by atoms with Crippen LogP contribution >= 0.6 is 0 Å². The molecule has 0 amide bonds. The van der Waals surface area contributed by atoms with Crippen molar-refractivity contribution in [2.75, 3.05) is 13.1 Å². The van der Waals surface area contributed by atoms with Crippen LogP contribution in [-0.2, 0) is 36.5 Å². The van der Waals surface area contributed by atoms with E-state index in [0.717, 1.165) is 38.8 Å². The van der Waals surface area contributed by atoms with Crippen LogP contribution in [0.4, 0.5) is 0 Å². The molecule has 0 spiro atoms. The van der Waals surface area contributed by atoms with Crippen molar-refractivity contribution in [2.45, 2.75) is 116 Å². The summed E-state index contributed by atoms with van der Waals surface area (Å²) in [6, 6.07) is 38.1. The third kappa shape index (κ3) is 7.19. The number of rotatable bonds is 10. The van der Waals surface area contributed by atoms with E-state index in [0.29, 0.717) is 12.1 Å². The maximum absolute atomic E-state index is 3.75. The molecule has 0 aliphatic carbocycles. The van der Waals surface area contributed by atoms with Crippen molar-refractivity contribution in [1.29, 1.82) is 0 Å². The largest absolute Gasteiger partial charge is 0.313 e. The van der Waals surface area contributed by atoms with E-state index < -0.39 is 0 Å². The minimum atomic E-state index is 0.0367. The Labute approximate surface area is 280 Å². The highest BCUT2D eigenvalue weighted by atomic mass is 15.0. The van der Waals surface area contributed by atoms with E-state index in [1.807, 2.05) is 0 Å². The second-order valence-corrected chi connectivity index (χ2v) is 13.9. The summed E-state index contributed by atoms with van der Waals surface area (Å²) in [4.78, 5) is 0. The zero-order chi connectivity index (χ0) is 32.6. The normalized spacial score (nSPS) is 18.3. The Bertz CT molecular complexity index is 1260. The lowest BCUT2D eigenvalue weighted by molar-refractivity contribution is 0.407. The van der Waals surface area contributed by atoms with E-state index in [-0.39, 0.29) is 10.8 Å². The second-order valence-electron chi connectivity index (χ2n) is 13.9. The van der Waals surface area contributed by atoms with Gasteiger partial charge in [0.25, 0.3) is 0 Å². The molecule has 2 heterocycles. The van der Waals surface area contributed by atoms with Crippen molar-refractivity contribution in [2.24, 2.45) is 0 Å². The predicted molar refractivity (Wildman–Crippen MR) is 198 cm³/mol. The van der Waals surface area contributed by atoms with E-state index in [1.165, 1.54) is 70.2 Å². The lowest BCUT2D eigenvalue weighted by Crippen LogP contribution is -2.44. The number of hydrogen-bond donors (Lipinski definition) is 2. The molecule has 0 saturated carbocycles. The van der Waals surface area contributed by atoms with Crippen LogP contribution in [0.2, 0.25) is 0 Å². The van der Waals surface area contributed by atoms with Gasteiger partial charge in [-0.3, -0.25) is 0 Å². The maximum atomic E-state index is 3.75. The van der Waals surface area contributed by atoms with E-state index in [1.54, 1.807) is 0 Å². The molecule has 2 heteroatoms. The van der Waals surface area contributed by atoms with Crippen molar-refractivity contribution in [3.05, 3.63) is 142 Å². The van der Waals surface area contributed by atoms with Crippen LogP contribution < -0.4 is 10.6 Å². The van der Waals surface area contributed by atoms with Crippen LogP contribution in [0.3, 0.4) is 0 Å². The van der Waals surface area contributed by atoms with Gasteiger partial charge in [-0.2, -0.15) is 0 Å². The average Bonchev–Trinajstić information content (AvgIpc) is 3.88. The molecule has 2 atom stereocenters. The Morgan fingerprint density at radius 3 is 0.848 bits per heavy atom. The van der Waals surface area contributed by atoms with Crippen LogP contribution in [0.25, 0.3) is 0 Å². The van der Waals surface area contributed by atoms with Gasteiger partial charge in [-0.25, -0.2) is 0 Å². The summed E-state index contributed by atoms with van der Waals surface area (Å²) in [6.45, 7) is 16.0. The molecule has 2 N–H and O–H groups in total. The standard InChI is InChI=1S/2C22H29N/c2*1-4-17-8-12-19(13-9-17)22(3,21-7-6-16-23-21)20-14-10-18(5-2)11-15-20/h2*8-15,21,23H,4-7,16H2,1-3H3. The van der Waals surface area contributed by atoms with Crippen molar-refractivity contribution in [1.82, 2.24) is 10.6 Å². The van der Waals surface area contributed by atoms with Gasteiger partial charge in [0.15, 0.2) is 0 Å². The van der Waals surface area contributed by atoms with Crippen molar-refractivity contribution >= 4 is 0 Å². The smallest absolute Gasteiger partial charge is 0.0327 e. The quantitative estimate of drug-likeness (QED) is 0.186. The molecule has 2 aliphatic rings. The molecule has 0 radical (unpaired) electrons. The molecule has 2 fully saturated rings. The van der Waals surface area contributed by atoms with Gasteiger partial charge in [0.05, 0.1) is 0 Å². The third-order valence-corrected chi connectivity index (χ3v) is 11.4. The fourth-order valence-electron chi connectivity index (χ4n) is 7.84. The minimum Gasteiger partial charge on any atom is -0.313 e. The van der Waals surface area contributed by atoms with E-state index in [9.17, 15) is 0 Å². The van der Waals surface area contributed by atoms with Gasteiger partial charge >= 0.3 is 0 Å². The third-order valence-electron chi connectivity index (χ3n) is 11.4. The molecule has 244 valence electrons. The van der Waals surface area contributed by atoms with Crippen LogP contribution in [0, 0.1) is 0 Å². The van der Waals surface area contributed by atoms with Crippen LogP contribution in [0.1, 0.15) is 112 Å². The van der Waals surface area contributed by atoms with E-state index in [4.69, 9.17) is 0 Å². The number of nitrogens with one attached hydrogen (secondary N) is 2. The highest BCUT2D eigenvalue weighted by Crippen LogP contribution is 2.40.